The lowest BCUT2D eigenvalue weighted by molar-refractivity contribution is -0.140. The molecule has 1 atom stereocenters. The number of hydrogen-bond acceptors (Lipinski definition) is 7. The SMILES string of the molecule is COC(=O)C[C@@H]1c2cc3c(cc2Oc2nc4cc(OC)ccc4cc21)OCO3. The van der Waals surface area contributed by atoms with Crippen molar-refractivity contribution < 1.29 is 28.5 Å². The normalized spacial score (nSPS) is 16.1. The molecule has 28 heavy (non-hydrogen) atoms. The van der Waals surface area contributed by atoms with Crippen LogP contribution in [0.25, 0.3) is 10.9 Å². The lowest BCUT2D eigenvalue weighted by Gasteiger charge is -2.27. The van der Waals surface area contributed by atoms with E-state index in [1.54, 1.807) is 13.2 Å². The molecule has 0 saturated heterocycles. The van der Waals surface area contributed by atoms with E-state index in [1.807, 2.05) is 30.3 Å². The van der Waals surface area contributed by atoms with Gasteiger partial charge in [-0.15, -0.1) is 0 Å². The number of fused-ring (bicyclic) bond motifs is 4. The predicted octanol–water partition coefficient (Wildman–Crippen LogP) is 3.77. The monoisotopic (exact) mass is 379 g/mol. The Kier molecular flexibility index (Phi) is 3.75. The highest BCUT2D eigenvalue weighted by Crippen LogP contribution is 2.50. The number of hydrogen-bond donors (Lipinski definition) is 0. The lowest BCUT2D eigenvalue weighted by Crippen LogP contribution is -2.16. The molecular formula is C21H17NO6. The van der Waals surface area contributed by atoms with E-state index in [4.69, 9.17) is 23.7 Å². The quantitative estimate of drug-likeness (QED) is 0.641. The van der Waals surface area contributed by atoms with Crippen LogP contribution in [0.5, 0.6) is 28.9 Å². The number of rotatable bonds is 3. The first-order valence-corrected chi connectivity index (χ1v) is 8.83. The highest BCUT2D eigenvalue weighted by molar-refractivity contribution is 5.83. The third kappa shape index (κ3) is 2.58. The molecule has 0 aliphatic carbocycles. The van der Waals surface area contributed by atoms with Crippen LogP contribution in [-0.4, -0.2) is 32.0 Å². The molecule has 2 aliphatic rings. The number of ether oxygens (including phenoxy) is 5. The Morgan fingerprint density at radius 3 is 2.68 bits per heavy atom. The number of carbonyl (C=O) groups excluding carboxylic acids is 1. The van der Waals surface area contributed by atoms with Gasteiger partial charge in [0.25, 0.3) is 0 Å². The van der Waals surface area contributed by atoms with E-state index >= 15 is 0 Å². The molecule has 0 unspecified atom stereocenters. The zero-order valence-electron chi connectivity index (χ0n) is 15.4. The summed E-state index contributed by atoms with van der Waals surface area (Å²) in [5, 5.41) is 0.933. The molecule has 7 heteroatoms. The van der Waals surface area contributed by atoms with Gasteiger partial charge >= 0.3 is 5.97 Å². The Bertz CT molecular complexity index is 1110. The van der Waals surface area contributed by atoms with E-state index in [9.17, 15) is 4.79 Å². The molecule has 0 bridgehead atoms. The van der Waals surface area contributed by atoms with Gasteiger partial charge in [-0.05, 0) is 24.3 Å². The summed E-state index contributed by atoms with van der Waals surface area (Å²) < 4.78 is 27.3. The molecule has 5 rings (SSSR count). The second-order valence-corrected chi connectivity index (χ2v) is 6.62. The van der Waals surface area contributed by atoms with E-state index in [0.29, 0.717) is 28.9 Å². The number of carbonyl (C=O) groups is 1. The third-order valence-corrected chi connectivity index (χ3v) is 5.08. The van der Waals surface area contributed by atoms with Gasteiger partial charge in [-0.3, -0.25) is 4.79 Å². The first-order valence-electron chi connectivity index (χ1n) is 8.83. The zero-order valence-corrected chi connectivity index (χ0v) is 15.4. The summed E-state index contributed by atoms with van der Waals surface area (Å²) in [6.45, 7) is 0.161. The second-order valence-electron chi connectivity index (χ2n) is 6.62. The Hall–Kier alpha value is -3.48. The van der Waals surface area contributed by atoms with Crippen molar-refractivity contribution in [3.8, 4) is 28.9 Å². The molecule has 2 aromatic carbocycles. The van der Waals surface area contributed by atoms with Crippen LogP contribution in [0.1, 0.15) is 23.5 Å². The van der Waals surface area contributed by atoms with Crippen LogP contribution in [0.15, 0.2) is 36.4 Å². The van der Waals surface area contributed by atoms with Crippen LogP contribution in [0, 0.1) is 0 Å². The highest BCUT2D eigenvalue weighted by Gasteiger charge is 2.33. The van der Waals surface area contributed by atoms with Crippen molar-refractivity contribution in [2.45, 2.75) is 12.3 Å². The summed E-state index contributed by atoms with van der Waals surface area (Å²) in [4.78, 5) is 16.8. The van der Waals surface area contributed by atoms with Crippen molar-refractivity contribution in [1.82, 2.24) is 4.98 Å². The van der Waals surface area contributed by atoms with Gasteiger partial charge in [-0.25, -0.2) is 4.98 Å². The van der Waals surface area contributed by atoms with Crippen LogP contribution < -0.4 is 18.9 Å². The summed E-state index contributed by atoms with van der Waals surface area (Å²) in [6, 6.07) is 11.3. The summed E-state index contributed by atoms with van der Waals surface area (Å²) in [7, 11) is 3.00. The average Bonchev–Trinajstić information content (AvgIpc) is 3.17. The fourth-order valence-electron chi connectivity index (χ4n) is 3.65. The van der Waals surface area contributed by atoms with E-state index in [2.05, 4.69) is 4.98 Å². The summed E-state index contributed by atoms with van der Waals surface area (Å²) in [5.74, 6) is 2.45. The summed E-state index contributed by atoms with van der Waals surface area (Å²) >= 11 is 0. The molecule has 3 aromatic rings. The first-order chi connectivity index (χ1) is 13.7. The largest absolute Gasteiger partial charge is 0.497 e. The number of nitrogens with zero attached hydrogens (tertiary/aromatic N) is 1. The molecule has 0 amide bonds. The minimum atomic E-state index is -0.309. The van der Waals surface area contributed by atoms with E-state index in [0.717, 1.165) is 22.0 Å². The molecule has 0 N–H and O–H groups in total. The smallest absolute Gasteiger partial charge is 0.306 e. The van der Waals surface area contributed by atoms with Gasteiger partial charge in [0.05, 0.1) is 26.2 Å². The third-order valence-electron chi connectivity index (χ3n) is 5.08. The number of benzene rings is 2. The zero-order chi connectivity index (χ0) is 19.3. The molecule has 0 saturated carbocycles. The maximum atomic E-state index is 12.1. The van der Waals surface area contributed by atoms with Gasteiger partial charge in [0.1, 0.15) is 11.5 Å². The van der Waals surface area contributed by atoms with Gasteiger partial charge in [0, 0.05) is 34.6 Å². The standard InChI is InChI=1S/C21H17NO6/c1-24-12-4-3-11-5-15-13(8-20(23)25-2)14-7-18-19(27-10-26-18)9-17(14)28-21(15)22-16(11)6-12/h3-7,9,13H,8,10H2,1-2H3/t13-/m1/s1. The highest BCUT2D eigenvalue weighted by atomic mass is 16.7. The topological polar surface area (TPSA) is 76.1 Å². The lowest BCUT2D eigenvalue weighted by atomic mass is 9.86. The van der Waals surface area contributed by atoms with Crippen LogP contribution in [0.2, 0.25) is 0 Å². The fourth-order valence-corrected chi connectivity index (χ4v) is 3.65. The average molecular weight is 379 g/mol. The van der Waals surface area contributed by atoms with E-state index < -0.39 is 0 Å². The van der Waals surface area contributed by atoms with Crippen LogP contribution in [0.4, 0.5) is 0 Å². The molecule has 0 spiro atoms. The van der Waals surface area contributed by atoms with Crippen molar-refractivity contribution in [3.63, 3.8) is 0 Å². The summed E-state index contributed by atoms with van der Waals surface area (Å²) in [5.41, 5.74) is 2.42. The van der Waals surface area contributed by atoms with Gasteiger partial charge < -0.3 is 23.7 Å². The number of esters is 1. The number of pyridine rings is 1. The Labute approximate surface area is 160 Å². The molecule has 0 fully saturated rings. The van der Waals surface area contributed by atoms with Crippen molar-refractivity contribution in [1.29, 1.82) is 0 Å². The Morgan fingerprint density at radius 1 is 1.07 bits per heavy atom. The van der Waals surface area contributed by atoms with Crippen LogP contribution in [-0.2, 0) is 9.53 Å². The molecule has 2 aliphatic heterocycles. The minimum Gasteiger partial charge on any atom is -0.497 e. The molecule has 142 valence electrons. The molecule has 0 radical (unpaired) electrons. The maximum Gasteiger partial charge on any atom is 0.306 e. The number of aromatic nitrogens is 1. The van der Waals surface area contributed by atoms with Gasteiger partial charge in [-0.2, -0.15) is 0 Å². The van der Waals surface area contributed by atoms with Crippen molar-refractivity contribution >= 4 is 16.9 Å². The molecule has 1 aromatic heterocycles. The predicted molar refractivity (Wildman–Crippen MR) is 99.4 cm³/mol. The Balaban J connectivity index is 1.69. The minimum absolute atomic E-state index is 0.161. The van der Waals surface area contributed by atoms with Gasteiger partial charge in [0.2, 0.25) is 12.7 Å². The van der Waals surface area contributed by atoms with E-state index in [-0.39, 0.29) is 25.1 Å². The van der Waals surface area contributed by atoms with Gasteiger partial charge in [0.15, 0.2) is 11.5 Å². The first kappa shape index (κ1) is 16.7. The molecule has 3 heterocycles. The van der Waals surface area contributed by atoms with E-state index in [1.165, 1.54) is 7.11 Å². The second kappa shape index (κ2) is 6.30. The summed E-state index contributed by atoms with van der Waals surface area (Å²) in [6.07, 6.45) is 0.169. The maximum absolute atomic E-state index is 12.1. The number of methoxy groups -OCH3 is 2. The van der Waals surface area contributed by atoms with Crippen LogP contribution in [0.3, 0.4) is 0 Å². The fraction of sp³-hybridized carbons (Fsp3) is 0.238. The molecule has 7 nitrogen and oxygen atoms in total. The Morgan fingerprint density at radius 2 is 1.89 bits per heavy atom. The van der Waals surface area contributed by atoms with Crippen LogP contribution >= 0.6 is 0 Å². The van der Waals surface area contributed by atoms with Crippen molar-refractivity contribution in [3.05, 3.63) is 47.5 Å². The van der Waals surface area contributed by atoms with Gasteiger partial charge in [-0.1, -0.05) is 0 Å². The van der Waals surface area contributed by atoms with Crippen molar-refractivity contribution in [2.75, 3.05) is 21.0 Å². The van der Waals surface area contributed by atoms with Crippen molar-refractivity contribution in [2.24, 2.45) is 0 Å². The molecular weight excluding hydrogens is 362 g/mol.